The molecule has 1 aliphatic rings. The van der Waals surface area contributed by atoms with Crippen molar-refractivity contribution in [3.8, 4) is 6.07 Å². The minimum absolute atomic E-state index is 0.0738. The third-order valence-corrected chi connectivity index (χ3v) is 6.08. The molecule has 33 heavy (non-hydrogen) atoms. The molecule has 3 N–H and O–H groups in total. The van der Waals surface area contributed by atoms with Crippen LogP contribution in [0.2, 0.25) is 0 Å². The average molecular weight is 449 g/mol. The molecule has 3 rings (SSSR count). The molecule has 2 aromatic carbocycles. The number of carbonyl (C=O) groups excluding carboxylic acids is 2. The van der Waals surface area contributed by atoms with Crippen molar-refractivity contribution < 1.29 is 19.5 Å². The SMILES string of the molecule is Cc1ccc(C(=O)N2CCC(c3ccc(C#N)cc3)CC2)cc1N(CCCC(=O)O)C(N)=O. The van der Waals surface area contributed by atoms with E-state index in [9.17, 15) is 14.4 Å². The van der Waals surface area contributed by atoms with Crippen LogP contribution in [0.5, 0.6) is 0 Å². The number of carboxylic acids is 1. The van der Waals surface area contributed by atoms with Crippen LogP contribution in [0.3, 0.4) is 0 Å². The molecule has 0 aromatic heterocycles. The Balaban J connectivity index is 1.69. The van der Waals surface area contributed by atoms with E-state index in [1.807, 2.05) is 36.1 Å². The smallest absolute Gasteiger partial charge is 0.319 e. The van der Waals surface area contributed by atoms with Gasteiger partial charge in [-0.05, 0) is 67.5 Å². The van der Waals surface area contributed by atoms with E-state index < -0.39 is 12.0 Å². The van der Waals surface area contributed by atoms with Crippen molar-refractivity contribution in [1.29, 1.82) is 5.26 Å². The van der Waals surface area contributed by atoms with Crippen molar-refractivity contribution >= 4 is 23.6 Å². The lowest BCUT2D eigenvalue weighted by atomic mass is 9.89. The number of nitrogens with zero attached hydrogens (tertiary/aromatic N) is 3. The topological polar surface area (TPSA) is 128 Å². The van der Waals surface area contributed by atoms with E-state index in [0.717, 1.165) is 18.4 Å². The van der Waals surface area contributed by atoms with Gasteiger partial charge in [0.15, 0.2) is 0 Å². The number of carbonyl (C=O) groups is 3. The average Bonchev–Trinajstić information content (AvgIpc) is 2.82. The standard InChI is InChI=1S/C25H28N4O4/c1-17-4-7-21(15-22(17)29(25(27)33)12-2-3-23(30)31)24(32)28-13-10-20(11-14-28)19-8-5-18(16-26)6-9-19/h4-9,15,20H,2-3,10-14H2,1H3,(H2,27,33)(H,30,31). The lowest BCUT2D eigenvalue weighted by Gasteiger charge is -2.32. The van der Waals surface area contributed by atoms with Crippen molar-refractivity contribution in [2.75, 3.05) is 24.5 Å². The van der Waals surface area contributed by atoms with Gasteiger partial charge in [-0.15, -0.1) is 0 Å². The molecule has 2 aromatic rings. The van der Waals surface area contributed by atoms with E-state index in [4.69, 9.17) is 16.1 Å². The van der Waals surface area contributed by atoms with Crippen molar-refractivity contribution in [3.63, 3.8) is 0 Å². The van der Waals surface area contributed by atoms with Gasteiger partial charge in [0.25, 0.3) is 5.91 Å². The second kappa shape index (κ2) is 10.6. The number of carboxylic acid groups (broad SMARTS) is 1. The Morgan fingerprint density at radius 1 is 1.15 bits per heavy atom. The van der Waals surface area contributed by atoms with Crippen molar-refractivity contribution in [2.45, 2.75) is 38.5 Å². The summed E-state index contributed by atoms with van der Waals surface area (Å²) in [7, 11) is 0. The van der Waals surface area contributed by atoms with E-state index in [2.05, 4.69) is 6.07 Å². The summed E-state index contributed by atoms with van der Waals surface area (Å²) in [5.74, 6) is -0.705. The first-order valence-corrected chi connectivity index (χ1v) is 11.0. The Morgan fingerprint density at radius 3 is 2.39 bits per heavy atom. The van der Waals surface area contributed by atoms with E-state index >= 15 is 0 Å². The van der Waals surface area contributed by atoms with Gasteiger partial charge in [-0.3, -0.25) is 14.5 Å². The van der Waals surface area contributed by atoms with Crippen LogP contribution >= 0.6 is 0 Å². The fourth-order valence-electron chi connectivity index (χ4n) is 4.20. The van der Waals surface area contributed by atoms with Crippen molar-refractivity contribution in [2.24, 2.45) is 5.73 Å². The number of primary amides is 1. The normalized spacial score (nSPS) is 13.9. The van der Waals surface area contributed by atoms with Crippen LogP contribution in [0.25, 0.3) is 0 Å². The monoisotopic (exact) mass is 448 g/mol. The molecule has 0 bridgehead atoms. The summed E-state index contributed by atoms with van der Waals surface area (Å²) in [6.45, 7) is 3.21. The summed E-state index contributed by atoms with van der Waals surface area (Å²) in [6, 6.07) is 14.2. The fourth-order valence-corrected chi connectivity index (χ4v) is 4.20. The molecule has 1 saturated heterocycles. The second-order valence-corrected chi connectivity index (χ2v) is 8.29. The van der Waals surface area contributed by atoms with Gasteiger partial charge in [-0.25, -0.2) is 4.79 Å². The zero-order chi connectivity index (χ0) is 24.0. The molecule has 172 valence electrons. The maximum Gasteiger partial charge on any atom is 0.319 e. The predicted octanol–water partition coefficient (Wildman–Crippen LogP) is 3.64. The predicted molar refractivity (Wildman–Crippen MR) is 124 cm³/mol. The number of aliphatic carboxylic acids is 1. The quantitative estimate of drug-likeness (QED) is 0.668. The van der Waals surface area contributed by atoms with Gasteiger partial charge in [0.2, 0.25) is 0 Å². The highest BCUT2D eigenvalue weighted by Gasteiger charge is 2.26. The number of urea groups is 1. The molecule has 1 aliphatic heterocycles. The molecule has 8 heteroatoms. The van der Waals surface area contributed by atoms with Crippen molar-refractivity contribution in [3.05, 3.63) is 64.7 Å². The van der Waals surface area contributed by atoms with E-state index in [1.54, 1.807) is 18.2 Å². The largest absolute Gasteiger partial charge is 0.481 e. The summed E-state index contributed by atoms with van der Waals surface area (Å²) in [5, 5.41) is 17.8. The van der Waals surface area contributed by atoms with Gasteiger partial charge < -0.3 is 15.7 Å². The molecule has 0 radical (unpaired) electrons. The Labute approximate surface area is 193 Å². The Bertz CT molecular complexity index is 1070. The molecule has 1 heterocycles. The first kappa shape index (κ1) is 23.8. The summed E-state index contributed by atoms with van der Waals surface area (Å²) in [4.78, 5) is 39.1. The van der Waals surface area contributed by atoms with E-state index in [1.165, 1.54) is 10.5 Å². The first-order chi connectivity index (χ1) is 15.8. The van der Waals surface area contributed by atoms with E-state index in [0.29, 0.717) is 35.8 Å². The molecule has 1 fully saturated rings. The Morgan fingerprint density at radius 2 is 1.82 bits per heavy atom. The maximum absolute atomic E-state index is 13.2. The zero-order valence-corrected chi connectivity index (χ0v) is 18.7. The second-order valence-electron chi connectivity index (χ2n) is 8.29. The van der Waals surface area contributed by atoms with Crippen LogP contribution < -0.4 is 10.6 Å². The van der Waals surface area contributed by atoms with Gasteiger partial charge >= 0.3 is 12.0 Å². The highest BCUT2D eigenvalue weighted by atomic mass is 16.4. The Kier molecular flexibility index (Phi) is 7.67. The minimum atomic E-state index is -0.940. The number of hydrogen-bond donors (Lipinski definition) is 2. The van der Waals surface area contributed by atoms with Gasteiger partial charge in [0.1, 0.15) is 0 Å². The number of anilines is 1. The highest BCUT2D eigenvalue weighted by Crippen LogP contribution is 2.30. The van der Waals surface area contributed by atoms with Crippen molar-refractivity contribution in [1.82, 2.24) is 4.90 Å². The third-order valence-electron chi connectivity index (χ3n) is 6.08. The Hall–Kier alpha value is -3.86. The molecule has 0 aliphatic carbocycles. The molecule has 0 atom stereocenters. The van der Waals surface area contributed by atoms with Gasteiger partial charge in [0.05, 0.1) is 11.6 Å². The highest BCUT2D eigenvalue weighted by molar-refractivity contribution is 5.98. The summed E-state index contributed by atoms with van der Waals surface area (Å²) in [6.07, 6.45) is 1.85. The summed E-state index contributed by atoms with van der Waals surface area (Å²) in [5.41, 5.74) is 9.12. The van der Waals surface area contributed by atoms with Crippen LogP contribution in [-0.4, -0.2) is 47.5 Å². The number of hydrogen-bond acceptors (Lipinski definition) is 4. The number of rotatable bonds is 7. The van der Waals surface area contributed by atoms with Gasteiger partial charge in [0, 0.05) is 37.3 Å². The van der Waals surface area contributed by atoms with Crippen LogP contribution in [-0.2, 0) is 4.79 Å². The van der Waals surface area contributed by atoms with Crippen LogP contribution in [0, 0.1) is 18.3 Å². The van der Waals surface area contributed by atoms with E-state index in [-0.39, 0.29) is 25.3 Å². The molecular weight excluding hydrogens is 420 g/mol. The number of piperidine rings is 1. The summed E-state index contributed by atoms with van der Waals surface area (Å²) < 4.78 is 0. The molecule has 0 saturated carbocycles. The number of aryl methyl sites for hydroxylation is 1. The third kappa shape index (κ3) is 5.89. The summed E-state index contributed by atoms with van der Waals surface area (Å²) >= 11 is 0. The van der Waals surface area contributed by atoms with Gasteiger partial charge in [-0.1, -0.05) is 18.2 Å². The molecular formula is C25H28N4O4. The van der Waals surface area contributed by atoms with Gasteiger partial charge in [-0.2, -0.15) is 5.26 Å². The fraction of sp³-hybridized carbons (Fsp3) is 0.360. The van der Waals surface area contributed by atoms with Crippen LogP contribution in [0.15, 0.2) is 42.5 Å². The number of nitriles is 1. The molecule has 3 amide bonds. The van der Waals surface area contributed by atoms with Crippen LogP contribution in [0.1, 0.15) is 58.6 Å². The number of amides is 3. The first-order valence-electron chi connectivity index (χ1n) is 11.0. The number of likely N-dealkylation sites (tertiary alicyclic amines) is 1. The molecule has 0 spiro atoms. The van der Waals surface area contributed by atoms with Crippen LogP contribution in [0.4, 0.5) is 10.5 Å². The molecule has 8 nitrogen and oxygen atoms in total. The minimum Gasteiger partial charge on any atom is -0.481 e. The zero-order valence-electron chi connectivity index (χ0n) is 18.7. The number of benzene rings is 2. The number of nitrogens with two attached hydrogens (primary N) is 1. The lowest BCUT2D eigenvalue weighted by Crippen LogP contribution is -2.39. The lowest BCUT2D eigenvalue weighted by molar-refractivity contribution is -0.137. The maximum atomic E-state index is 13.2. The molecule has 0 unspecified atom stereocenters.